The van der Waals surface area contributed by atoms with Crippen LogP contribution in [-0.2, 0) is 6.54 Å². The van der Waals surface area contributed by atoms with Crippen LogP contribution in [0.5, 0.6) is 0 Å². The fourth-order valence-electron chi connectivity index (χ4n) is 1.53. The summed E-state index contributed by atoms with van der Waals surface area (Å²) in [6, 6.07) is 2.33. The quantitative estimate of drug-likeness (QED) is 0.656. The first-order valence-electron chi connectivity index (χ1n) is 6.19. The molecule has 0 spiro atoms. The van der Waals surface area contributed by atoms with E-state index in [2.05, 4.69) is 24.3 Å². The highest BCUT2D eigenvalue weighted by Gasteiger charge is 2.07. The van der Waals surface area contributed by atoms with Crippen molar-refractivity contribution in [1.29, 1.82) is 0 Å². The number of rotatable bonds is 9. The molecule has 1 heterocycles. The molecule has 0 aliphatic rings. The molecule has 1 aromatic rings. The highest BCUT2D eigenvalue weighted by atomic mass is 32.2. The number of aliphatic hydroxyl groups is 1. The molecule has 0 aliphatic carbocycles. The van der Waals surface area contributed by atoms with Gasteiger partial charge in [0.2, 0.25) is 0 Å². The fraction of sp³-hybridized carbons (Fsp3) is 0.750. The van der Waals surface area contributed by atoms with E-state index in [4.69, 9.17) is 0 Å². The van der Waals surface area contributed by atoms with Gasteiger partial charge in [0.05, 0.1) is 12.6 Å². The summed E-state index contributed by atoms with van der Waals surface area (Å²) in [6.45, 7) is 5.52. The van der Waals surface area contributed by atoms with E-state index in [1.54, 1.807) is 10.9 Å². The molecule has 2 N–H and O–H groups in total. The van der Waals surface area contributed by atoms with E-state index in [9.17, 15) is 5.11 Å². The number of aliphatic hydroxyl groups excluding tert-OH is 1. The van der Waals surface area contributed by atoms with Crippen molar-refractivity contribution in [1.82, 2.24) is 15.1 Å². The average Bonchev–Trinajstić information content (AvgIpc) is 2.79. The van der Waals surface area contributed by atoms with Gasteiger partial charge in [0.15, 0.2) is 0 Å². The molecule has 0 fully saturated rings. The van der Waals surface area contributed by atoms with Gasteiger partial charge in [0.1, 0.15) is 0 Å². The van der Waals surface area contributed by atoms with Gasteiger partial charge in [0, 0.05) is 25.0 Å². The van der Waals surface area contributed by atoms with Crippen molar-refractivity contribution in [2.45, 2.75) is 39.0 Å². The first kappa shape index (κ1) is 14.5. The van der Waals surface area contributed by atoms with Crippen LogP contribution in [0, 0.1) is 0 Å². The van der Waals surface area contributed by atoms with Gasteiger partial charge in [-0.3, -0.25) is 4.68 Å². The molecule has 1 rings (SSSR count). The number of nitrogens with zero attached hydrogens (tertiary/aromatic N) is 2. The Balaban J connectivity index is 2.08. The third kappa shape index (κ3) is 6.71. The van der Waals surface area contributed by atoms with Crippen LogP contribution in [-0.4, -0.2) is 45.1 Å². The summed E-state index contributed by atoms with van der Waals surface area (Å²) >= 11 is 1.96. The molecule has 0 saturated heterocycles. The fourth-order valence-corrected chi connectivity index (χ4v) is 2.34. The molecule has 0 radical (unpaired) electrons. The van der Waals surface area contributed by atoms with Crippen LogP contribution in [0.25, 0.3) is 0 Å². The molecule has 0 bridgehead atoms. The summed E-state index contributed by atoms with van der Waals surface area (Å²) in [6.07, 6.45) is 4.36. The Morgan fingerprint density at radius 3 is 3.00 bits per heavy atom. The molecule has 4 nitrogen and oxygen atoms in total. The Morgan fingerprint density at radius 1 is 1.53 bits per heavy atom. The number of hydrogen-bond donors (Lipinski definition) is 2. The van der Waals surface area contributed by atoms with Crippen LogP contribution in [0.2, 0.25) is 0 Å². The lowest BCUT2D eigenvalue weighted by molar-refractivity contribution is 0.143. The zero-order valence-electron chi connectivity index (χ0n) is 10.7. The molecule has 98 valence electrons. The minimum absolute atomic E-state index is 0.379. The standard InChI is InChI=1S/C12H23N3OS/c1-3-17-8-5-11(2)13-9-12(16)10-15-7-4-6-14-15/h4,6-7,11-13,16H,3,5,8-10H2,1-2H3. The second-order valence-electron chi connectivity index (χ2n) is 4.18. The third-order valence-corrected chi connectivity index (χ3v) is 3.49. The lowest BCUT2D eigenvalue weighted by atomic mass is 10.2. The van der Waals surface area contributed by atoms with Gasteiger partial charge in [-0.1, -0.05) is 6.92 Å². The summed E-state index contributed by atoms with van der Waals surface area (Å²) in [7, 11) is 0. The van der Waals surface area contributed by atoms with Crippen molar-refractivity contribution >= 4 is 11.8 Å². The second-order valence-corrected chi connectivity index (χ2v) is 5.57. The van der Waals surface area contributed by atoms with E-state index in [1.807, 2.05) is 24.0 Å². The van der Waals surface area contributed by atoms with Gasteiger partial charge >= 0.3 is 0 Å². The second kappa shape index (κ2) is 8.55. The van der Waals surface area contributed by atoms with Crippen LogP contribution in [0.3, 0.4) is 0 Å². The minimum atomic E-state index is -0.379. The maximum Gasteiger partial charge on any atom is 0.0860 e. The number of nitrogens with one attached hydrogen (secondary N) is 1. The van der Waals surface area contributed by atoms with Crippen LogP contribution in [0.1, 0.15) is 20.3 Å². The van der Waals surface area contributed by atoms with Gasteiger partial charge in [0.25, 0.3) is 0 Å². The monoisotopic (exact) mass is 257 g/mol. The maximum absolute atomic E-state index is 9.81. The van der Waals surface area contributed by atoms with Crippen molar-refractivity contribution in [3.8, 4) is 0 Å². The zero-order valence-corrected chi connectivity index (χ0v) is 11.5. The summed E-state index contributed by atoms with van der Waals surface area (Å²) in [5.74, 6) is 2.36. The van der Waals surface area contributed by atoms with Crippen molar-refractivity contribution in [3.63, 3.8) is 0 Å². The molecular formula is C12H23N3OS. The van der Waals surface area contributed by atoms with E-state index >= 15 is 0 Å². The van der Waals surface area contributed by atoms with Crippen LogP contribution >= 0.6 is 11.8 Å². The zero-order chi connectivity index (χ0) is 12.5. The molecule has 0 aromatic carbocycles. The van der Waals surface area contributed by atoms with Crippen molar-refractivity contribution in [3.05, 3.63) is 18.5 Å². The molecule has 2 atom stereocenters. The molecule has 2 unspecified atom stereocenters. The van der Waals surface area contributed by atoms with Crippen LogP contribution in [0.4, 0.5) is 0 Å². The van der Waals surface area contributed by atoms with Crippen LogP contribution in [0.15, 0.2) is 18.5 Å². The normalized spacial score (nSPS) is 14.8. The van der Waals surface area contributed by atoms with Crippen molar-refractivity contribution in [2.75, 3.05) is 18.1 Å². The SMILES string of the molecule is CCSCCC(C)NCC(O)Cn1cccn1. The molecule has 5 heteroatoms. The highest BCUT2D eigenvalue weighted by Crippen LogP contribution is 2.03. The lowest BCUT2D eigenvalue weighted by Gasteiger charge is -2.17. The van der Waals surface area contributed by atoms with E-state index in [0.29, 0.717) is 19.1 Å². The Morgan fingerprint density at radius 2 is 2.35 bits per heavy atom. The average molecular weight is 257 g/mol. The van der Waals surface area contributed by atoms with Gasteiger partial charge in [-0.15, -0.1) is 0 Å². The number of thioether (sulfide) groups is 1. The Bertz CT molecular complexity index is 279. The highest BCUT2D eigenvalue weighted by molar-refractivity contribution is 7.99. The largest absolute Gasteiger partial charge is 0.390 e. The van der Waals surface area contributed by atoms with Gasteiger partial charge in [-0.25, -0.2) is 0 Å². The topological polar surface area (TPSA) is 50.1 Å². The predicted molar refractivity (Wildman–Crippen MR) is 73.3 cm³/mol. The number of aromatic nitrogens is 2. The first-order valence-corrected chi connectivity index (χ1v) is 7.34. The molecule has 0 saturated carbocycles. The molecule has 17 heavy (non-hydrogen) atoms. The predicted octanol–water partition coefficient (Wildman–Crippen LogP) is 1.37. The van der Waals surface area contributed by atoms with Gasteiger partial charge in [-0.2, -0.15) is 16.9 Å². The van der Waals surface area contributed by atoms with Gasteiger partial charge in [-0.05, 0) is 30.9 Å². The smallest absolute Gasteiger partial charge is 0.0860 e. The van der Waals surface area contributed by atoms with Gasteiger partial charge < -0.3 is 10.4 Å². The summed E-state index contributed by atoms with van der Waals surface area (Å²) in [5.41, 5.74) is 0. The Hall–Kier alpha value is -0.520. The summed E-state index contributed by atoms with van der Waals surface area (Å²) in [4.78, 5) is 0. The van der Waals surface area contributed by atoms with Crippen molar-refractivity contribution < 1.29 is 5.11 Å². The molecule has 0 aliphatic heterocycles. The molecule has 0 amide bonds. The maximum atomic E-state index is 9.81. The van der Waals surface area contributed by atoms with Crippen LogP contribution < -0.4 is 5.32 Å². The number of hydrogen-bond acceptors (Lipinski definition) is 4. The minimum Gasteiger partial charge on any atom is -0.390 e. The van der Waals surface area contributed by atoms with E-state index in [0.717, 1.165) is 6.42 Å². The lowest BCUT2D eigenvalue weighted by Crippen LogP contribution is -2.36. The van der Waals surface area contributed by atoms with E-state index in [-0.39, 0.29) is 6.10 Å². The molecule has 1 aromatic heterocycles. The molecular weight excluding hydrogens is 234 g/mol. The Kier molecular flexibility index (Phi) is 7.32. The summed E-state index contributed by atoms with van der Waals surface area (Å²) in [5, 5.41) is 17.2. The summed E-state index contributed by atoms with van der Waals surface area (Å²) < 4.78 is 1.75. The third-order valence-electron chi connectivity index (χ3n) is 2.56. The Labute approximate surface area is 108 Å². The van der Waals surface area contributed by atoms with E-state index < -0.39 is 0 Å². The van der Waals surface area contributed by atoms with Crippen molar-refractivity contribution in [2.24, 2.45) is 0 Å². The first-order chi connectivity index (χ1) is 8.22. The van der Waals surface area contributed by atoms with E-state index in [1.165, 1.54) is 11.5 Å².